The van der Waals surface area contributed by atoms with Crippen LogP contribution in [0.2, 0.25) is 0 Å². The third kappa shape index (κ3) is 68.4. The summed E-state index contributed by atoms with van der Waals surface area (Å²) in [5.74, 6) is 0. The van der Waals surface area contributed by atoms with Crippen LogP contribution in [0.4, 0.5) is 0 Å². The Morgan fingerprint density at radius 1 is 1.00 bits per heavy atom. The summed E-state index contributed by atoms with van der Waals surface area (Å²) >= 11 is 25.8. The number of nitrogens with zero attached hydrogens (tertiary/aromatic N) is 2. The summed E-state index contributed by atoms with van der Waals surface area (Å²) in [4.78, 5) is 3.48. The van der Waals surface area contributed by atoms with Gasteiger partial charge in [0.15, 0.2) is 0 Å². The number of rotatable bonds is 0. The second kappa shape index (κ2) is 23.9. The maximum absolute atomic E-state index is 4.66. The predicted octanol–water partition coefficient (Wildman–Crippen LogP) is 1.72. The van der Waals surface area contributed by atoms with Crippen molar-refractivity contribution in [3.63, 3.8) is 0 Å². The van der Waals surface area contributed by atoms with E-state index in [-0.39, 0.29) is 23.8 Å². The van der Waals surface area contributed by atoms with Gasteiger partial charge in [-0.05, 0) is 0 Å². The standard InChI is InChI=1S/2C3H7NS2.C2H4.CH3NS2.Zn/c2*1-4(2)3(5)6;1-2;2-1(3)4;/h2*1-2H3,(H,5,6);1-2H2;(H3,2,3,4);/q;;;;+2/p-2. The molecule has 0 atom stereocenters. The zero-order valence-corrected chi connectivity index (χ0v) is 19.5. The Labute approximate surface area is 162 Å². The zero-order chi connectivity index (χ0) is 15.9. The second-order valence-electron chi connectivity index (χ2n) is 2.66. The fourth-order valence-electron chi connectivity index (χ4n) is 0. The molecule has 0 unspecified atom stereocenters. The van der Waals surface area contributed by atoms with Gasteiger partial charge in [-0.2, -0.15) is 0 Å². The van der Waals surface area contributed by atoms with Gasteiger partial charge in [0.1, 0.15) is 4.32 Å². The molecule has 0 aromatic heterocycles. The van der Waals surface area contributed by atoms with Gasteiger partial charge in [0.25, 0.3) is 0 Å². The molecule has 108 valence electrons. The van der Waals surface area contributed by atoms with E-state index in [1.54, 1.807) is 9.80 Å². The third-order valence-electron chi connectivity index (χ3n) is 0.748. The van der Waals surface area contributed by atoms with Gasteiger partial charge in [0.2, 0.25) is 0 Å². The maximum atomic E-state index is 4.66. The molecule has 0 aliphatic carbocycles. The van der Waals surface area contributed by atoms with E-state index in [0.717, 1.165) is 0 Å². The topological polar surface area (TPSA) is 32.5 Å². The Hall–Kier alpha value is 0.823. The van der Waals surface area contributed by atoms with E-state index < -0.39 is 0 Å². The average molecular weight is 427 g/mol. The second-order valence-corrected chi connectivity index (χ2v) is 5.94. The van der Waals surface area contributed by atoms with Crippen LogP contribution in [-0.4, -0.2) is 51.0 Å². The molecule has 0 saturated carbocycles. The third-order valence-corrected chi connectivity index (χ3v) is 2.24. The van der Waals surface area contributed by atoms with Crippen LogP contribution < -0.4 is 5.73 Å². The van der Waals surface area contributed by atoms with Gasteiger partial charge >= 0.3 is 19.5 Å². The first-order valence-corrected chi connectivity index (χ1v) is 6.76. The first-order valence-electron chi connectivity index (χ1n) is 4.27. The SMILES string of the molecule is C=C.CN(C)C(=S)S.CN(C)C(=S)[S-].NC(=S)[S-].[Zn+2]. The van der Waals surface area contributed by atoms with Crippen LogP contribution in [0.5, 0.6) is 0 Å². The normalized spacial score (nSPS) is 6.37. The molecule has 0 aliphatic heterocycles. The molecule has 19 heavy (non-hydrogen) atoms. The summed E-state index contributed by atoms with van der Waals surface area (Å²) in [5, 5.41) is 0. The molecule has 10 heteroatoms. The van der Waals surface area contributed by atoms with Crippen LogP contribution in [0.25, 0.3) is 0 Å². The van der Waals surface area contributed by atoms with Crippen molar-refractivity contribution in [3.05, 3.63) is 13.2 Å². The fourth-order valence-corrected chi connectivity index (χ4v) is 0. The Morgan fingerprint density at radius 2 is 1.11 bits per heavy atom. The Kier molecular flexibility index (Phi) is 40.2. The average Bonchev–Trinajstić information content (AvgIpc) is 2.20. The van der Waals surface area contributed by atoms with E-state index in [9.17, 15) is 0 Å². The number of thiol groups is 1. The van der Waals surface area contributed by atoms with Gasteiger partial charge in [-0.3, -0.25) is 0 Å². The van der Waals surface area contributed by atoms with Crippen LogP contribution in [0, 0.1) is 0 Å². The van der Waals surface area contributed by atoms with Crippen LogP contribution >= 0.6 is 49.3 Å². The summed E-state index contributed by atoms with van der Waals surface area (Å²) in [6.45, 7) is 6.00. The molecule has 0 amide bonds. The van der Waals surface area contributed by atoms with Crippen molar-refractivity contribution in [1.82, 2.24) is 9.80 Å². The van der Waals surface area contributed by atoms with Crippen molar-refractivity contribution in [2.75, 3.05) is 28.2 Å². The first-order chi connectivity index (χ1) is 8.02. The van der Waals surface area contributed by atoms with E-state index in [4.69, 9.17) is 0 Å². The number of hydrogen-bond acceptors (Lipinski definition) is 5. The monoisotopic (exact) mass is 425 g/mol. The summed E-state index contributed by atoms with van der Waals surface area (Å²) < 4.78 is 1.21. The smallest absolute Gasteiger partial charge is 0.415 e. The molecule has 0 aliphatic rings. The summed E-state index contributed by atoms with van der Waals surface area (Å²) in [6.07, 6.45) is 0. The quantitative estimate of drug-likeness (QED) is 0.199. The van der Waals surface area contributed by atoms with Gasteiger partial charge in [0.05, 0.1) is 0 Å². The molecule has 0 saturated heterocycles. The van der Waals surface area contributed by atoms with E-state index in [1.165, 1.54) is 0 Å². The van der Waals surface area contributed by atoms with Crippen molar-refractivity contribution in [1.29, 1.82) is 0 Å². The minimum atomic E-state index is 0. The van der Waals surface area contributed by atoms with Gasteiger partial charge in [-0.15, -0.1) is 25.8 Å². The van der Waals surface area contributed by atoms with Gasteiger partial charge < -0.3 is 65.2 Å². The minimum Gasteiger partial charge on any atom is -0.415 e. The Balaban J connectivity index is -0.0000000480. The van der Waals surface area contributed by atoms with Crippen LogP contribution in [-0.2, 0) is 44.7 Å². The van der Waals surface area contributed by atoms with E-state index in [0.29, 0.717) is 8.64 Å². The molecule has 0 rings (SSSR count). The largest absolute Gasteiger partial charge is 2.00 e. The van der Waals surface area contributed by atoms with Crippen molar-refractivity contribution in [3.8, 4) is 0 Å². The number of hydrogen-bond donors (Lipinski definition) is 2. The summed E-state index contributed by atoms with van der Waals surface area (Å²) in [5.41, 5.74) is 4.66. The van der Waals surface area contributed by atoms with Gasteiger partial charge in [-0.1, -0.05) is 20.9 Å². The fraction of sp³-hybridized carbons (Fsp3) is 0.444. The number of thiocarbonyl (C=S) groups is 3. The minimum absolute atomic E-state index is 0. The van der Waals surface area contributed by atoms with Crippen molar-refractivity contribution in [2.45, 2.75) is 0 Å². The van der Waals surface area contributed by atoms with Gasteiger partial charge in [-0.25, -0.2) is 0 Å². The molecule has 0 aromatic carbocycles. The van der Waals surface area contributed by atoms with Crippen molar-refractivity contribution in [2.24, 2.45) is 5.73 Å². The van der Waals surface area contributed by atoms with E-state index >= 15 is 0 Å². The Bertz CT molecular complexity index is 226. The summed E-state index contributed by atoms with van der Waals surface area (Å²) in [6, 6.07) is 0. The molecule has 0 spiro atoms. The van der Waals surface area contributed by atoms with E-state index in [2.05, 4.69) is 93.4 Å². The molecule has 0 radical (unpaired) electrons. The molecule has 2 N–H and O–H groups in total. The van der Waals surface area contributed by atoms with Crippen molar-refractivity contribution >= 4 is 87.5 Å². The molecular weight excluding hydrogens is 408 g/mol. The summed E-state index contributed by atoms with van der Waals surface area (Å²) in [7, 11) is 7.37. The van der Waals surface area contributed by atoms with Gasteiger partial charge in [0, 0.05) is 28.2 Å². The zero-order valence-electron chi connectivity index (χ0n) is 11.6. The molecular formula is C9H19N3S6Zn. The van der Waals surface area contributed by atoms with Crippen molar-refractivity contribution < 1.29 is 19.5 Å². The molecule has 3 nitrogen and oxygen atoms in total. The van der Waals surface area contributed by atoms with Crippen LogP contribution in [0.15, 0.2) is 13.2 Å². The Morgan fingerprint density at radius 3 is 1.11 bits per heavy atom. The van der Waals surface area contributed by atoms with Crippen LogP contribution in [0.1, 0.15) is 0 Å². The molecule has 0 bridgehead atoms. The predicted molar refractivity (Wildman–Crippen MR) is 104 cm³/mol. The molecule has 0 aromatic rings. The van der Waals surface area contributed by atoms with Crippen LogP contribution in [0.3, 0.4) is 0 Å². The van der Waals surface area contributed by atoms with E-state index in [1.807, 2.05) is 28.2 Å². The number of nitrogens with two attached hydrogens (primary N) is 1. The maximum Gasteiger partial charge on any atom is 2.00 e. The molecule has 0 fully saturated rings. The molecule has 0 heterocycles. The first kappa shape index (κ1) is 32.0.